The van der Waals surface area contributed by atoms with Crippen molar-refractivity contribution >= 4 is 40.8 Å². The van der Waals surface area contributed by atoms with Crippen LogP contribution in [-0.4, -0.2) is 45.5 Å². The molecule has 2 fully saturated rings. The Labute approximate surface area is 166 Å². The van der Waals surface area contributed by atoms with E-state index in [-0.39, 0.29) is 0 Å². The first kappa shape index (κ1) is 17.1. The van der Waals surface area contributed by atoms with E-state index in [0.29, 0.717) is 16.3 Å². The molecule has 0 bridgehead atoms. The van der Waals surface area contributed by atoms with Crippen molar-refractivity contribution in [2.24, 2.45) is 5.41 Å². The van der Waals surface area contributed by atoms with Crippen LogP contribution in [0.1, 0.15) is 12.8 Å². The number of hydrogen-bond donors (Lipinski definition) is 2. The highest BCUT2D eigenvalue weighted by Crippen LogP contribution is 2.39. The molecular formula is C18H20ClN7S. The molecule has 0 aliphatic carbocycles. The van der Waals surface area contributed by atoms with Gasteiger partial charge in [-0.3, -0.25) is 4.40 Å². The molecule has 2 saturated heterocycles. The number of fused-ring (bicyclic) bond motifs is 1. The van der Waals surface area contributed by atoms with Crippen LogP contribution in [0.4, 0.5) is 11.8 Å². The van der Waals surface area contributed by atoms with Crippen LogP contribution < -0.4 is 16.0 Å². The fraction of sp³-hybridized carbons (Fsp3) is 0.389. The quantitative estimate of drug-likeness (QED) is 0.697. The van der Waals surface area contributed by atoms with Gasteiger partial charge >= 0.3 is 0 Å². The van der Waals surface area contributed by atoms with Crippen molar-refractivity contribution in [3.05, 3.63) is 35.9 Å². The number of aromatic nitrogens is 4. The van der Waals surface area contributed by atoms with E-state index in [2.05, 4.69) is 24.6 Å². The van der Waals surface area contributed by atoms with Gasteiger partial charge < -0.3 is 16.0 Å². The van der Waals surface area contributed by atoms with E-state index < -0.39 is 0 Å². The molecule has 2 aliphatic rings. The maximum atomic E-state index is 6.30. The highest BCUT2D eigenvalue weighted by molar-refractivity contribution is 7.99. The van der Waals surface area contributed by atoms with Crippen molar-refractivity contribution in [3.63, 3.8) is 0 Å². The molecule has 5 rings (SSSR count). The molecule has 9 heteroatoms. The fourth-order valence-electron chi connectivity index (χ4n) is 3.84. The average Bonchev–Trinajstić information content (AvgIpc) is 3.15. The Hall–Kier alpha value is -2.03. The lowest BCUT2D eigenvalue weighted by Crippen LogP contribution is -2.58. The first-order chi connectivity index (χ1) is 13.2. The third kappa shape index (κ3) is 2.92. The molecule has 0 radical (unpaired) electrons. The number of nitrogens with one attached hydrogen (secondary N) is 1. The van der Waals surface area contributed by atoms with E-state index in [1.54, 1.807) is 6.20 Å². The number of hydrogen-bond acceptors (Lipinski definition) is 7. The van der Waals surface area contributed by atoms with E-state index in [4.69, 9.17) is 22.3 Å². The molecule has 3 aromatic heterocycles. The summed E-state index contributed by atoms with van der Waals surface area (Å²) < 4.78 is 2.07. The Kier molecular flexibility index (Phi) is 4.14. The molecule has 3 N–H and O–H groups in total. The van der Waals surface area contributed by atoms with Crippen molar-refractivity contribution in [1.29, 1.82) is 0 Å². The fourth-order valence-corrected chi connectivity index (χ4v) is 4.98. The largest absolute Gasteiger partial charge is 0.382 e. The van der Waals surface area contributed by atoms with Crippen LogP contribution in [0.2, 0.25) is 5.02 Å². The highest BCUT2D eigenvalue weighted by atomic mass is 35.5. The summed E-state index contributed by atoms with van der Waals surface area (Å²) in [4.78, 5) is 17.5. The van der Waals surface area contributed by atoms with Crippen LogP contribution in [0.15, 0.2) is 40.6 Å². The third-order valence-corrected chi connectivity index (χ3v) is 7.16. The number of nitrogens with zero attached hydrogens (tertiary/aromatic N) is 5. The van der Waals surface area contributed by atoms with Gasteiger partial charge in [-0.15, -0.1) is 0 Å². The smallest absolute Gasteiger partial charge is 0.211 e. The Morgan fingerprint density at radius 1 is 1.11 bits per heavy atom. The number of anilines is 2. The summed E-state index contributed by atoms with van der Waals surface area (Å²) >= 11 is 7.80. The zero-order valence-electron chi connectivity index (χ0n) is 14.7. The van der Waals surface area contributed by atoms with Gasteiger partial charge in [0.1, 0.15) is 5.82 Å². The molecule has 7 nitrogen and oxygen atoms in total. The van der Waals surface area contributed by atoms with Gasteiger partial charge in [0.25, 0.3) is 0 Å². The van der Waals surface area contributed by atoms with Gasteiger partial charge in [-0.1, -0.05) is 23.4 Å². The zero-order valence-corrected chi connectivity index (χ0v) is 16.3. The molecule has 0 atom stereocenters. The molecule has 1 spiro atoms. The van der Waals surface area contributed by atoms with Crippen LogP contribution in [0.25, 0.3) is 5.65 Å². The molecule has 0 aromatic carbocycles. The molecule has 0 saturated carbocycles. The standard InChI is InChI=1S/C18H20ClN7S/c19-14-12(1-4-22-15(14)20)27-13-9-24-17(26-8-5-23-16(13)26)25-6-2-18(3-7-25)10-21-11-18/h1,4-5,8-9,21H,2-3,6-7,10-11H2,(H2,20,22). The summed E-state index contributed by atoms with van der Waals surface area (Å²) in [6, 6.07) is 1.85. The second-order valence-corrected chi connectivity index (χ2v) is 8.71. The maximum absolute atomic E-state index is 6.30. The summed E-state index contributed by atoms with van der Waals surface area (Å²) in [7, 11) is 0. The van der Waals surface area contributed by atoms with Crippen LogP contribution in [0, 0.1) is 5.41 Å². The van der Waals surface area contributed by atoms with E-state index in [9.17, 15) is 0 Å². The lowest BCUT2D eigenvalue weighted by molar-refractivity contribution is 0.125. The number of pyridine rings is 1. The van der Waals surface area contributed by atoms with E-state index in [1.165, 1.54) is 24.6 Å². The predicted octanol–water partition coefficient (Wildman–Crippen LogP) is 2.70. The summed E-state index contributed by atoms with van der Waals surface area (Å²) in [6.07, 6.45) is 9.74. The molecule has 140 valence electrons. The van der Waals surface area contributed by atoms with Crippen LogP contribution in [-0.2, 0) is 0 Å². The molecule has 0 amide bonds. The predicted molar refractivity (Wildman–Crippen MR) is 108 cm³/mol. The van der Waals surface area contributed by atoms with Crippen LogP contribution in [0.5, 0.6) is 0 Å². The average molecular weight is 402 g/mol. The second-order valence-electron chi connectivity index (χ2n) is 7.24. The summed E-state index contributed by atoms with van der Waals surface area (Å²) in [5.41, 5.74) is 7.21. The van der Waals surface area contributed by atoms with Gasteiger partial charge in [-0.05, 0) is 24.3 Å². The zero-order chi connectivity index (χ0) is 18.4. The first-order valence-electron chi connectivity index (χ1n) is 9.01. The van der Waals surface area contributed by atoms with E-state index in [1.807, 2.05) is 24.7 Å². The van der Waals surface area contributed by atoms with Gasteiger partial charge in [-0.25, -0.2) is 15.0 Å². The highest BCUT2D eigenvalue weighted by Gasteiger charge is 2.40. The monoisotopic (exact) mass is 401 g/mol. The lowest BCUT2D eigenvalue weighted by atomic mass is 9.73. The number of piperidine rings is 1. The SMILES string of the molecule is Nc1nccc(Sc2cnc(N3CCC4(CC3)CNC4)n3ccnc23)c1Cl. The molecule has 5 heterocycles. The minimum atomic E-state index is 0.332. The maximum Gasteiger partial charge on any atom is 0.211 e. The van der Waals surface area contributed by atoms with Crippen molar-refractivity contribution < 1.29 is 0 Å². The summed E-state index contributed by atoms with van der Waals surface area (Å²) in [6.45, 7) is 4.36. The number of imidazole rings is 1. The lowest BCUT2D eigenvalue weighted by Gasteiger charge is -2.48. The number of nitrogen functional groups attached to an aromatic ring is 1. The summed E-state index contributed by atoms with van der Waals surface area (Å²) in [5.74, 6) is 1.28. The molecule has 0 unspecified atom stereocenters. The van der Waals surface area contributed by atoms with Crippen molar-refractivity contribution in [2.45, 2.75) is 22.6 Å². The van der Waals surface area contributed by atoms with Crippen molar-refractivity contribution in [3.8, 4) is 0 Å². The number of halogens is 1. The number of nitrogens with two attached hydrogens (primary N) is 1. The van der Waals surface area contributed by atoms with Crippen molar-refractivity contribution in [1.82, 2.24) is 24.7 Å². The summed E-state index contributed by atoms with van der Waals surface area (Å²) in [5, 5.41) is 3.88. The normalized spacial score (nSPS) is 18.8. The Balaban J connectivity index is 1.44. The third-order valence-electron chi connectivity index (χ3n) is 5.58. The minimum absolute atomic E-state index is 0.332. The van der Waals surface area contributed by atoms with Gasteiger partial charge in [0.15, 0.2) is 5.65 Å². The van der Waals surface area contributed by atoms with Gasteiger partial charge in [-0.2, -0.15) is 0 Å². The molecule has 3 aromatic rings. The first-order valence-corrected chi connectivity index (χ1v) is 10.2. The van der Waals surface area contributed by atoms with Gasteiger partial charge in [0.05, 0.1) is 9.92 Å². The van der Waals surface area contributed by atoms with Crippen LogP contribution >= 0.6 is 23.4 Å². The topological polar surface area (TPSA) is 84.4 Å². The van der Waals surface area contributed by atoms with E-state index in [0.717, 1.165) is 47.6 Å². The Morgan fingerprint density at radius 2 is 1.93 bits per heavy atom. The van der Waals surface area contributed by atoms with E-state index >= 15 is 0 Å². The van der Waals surface area contributed by atoms with Crippen LogP contribution in [0.3, 0.4) is 0 Å². The molecule has 27 heavy (non-hydrogen) atoms. The Morgan fingerprint density at radius 3 is 2.67 bits per heavy atom. The minimum Gasteiger partial charge on any atom is -0.382 e. The number of rotatable bonds is 3. The second kappa shape index (κ2) is 6.54. The van der Waals surface area contributed by atoms with Crippen molar-refractivity contribution in [2.75, 3.05) is 36.8 Å². The Bertz CT molecular complexity index is 991. The van der Waals surface area contributed by atoms with Gasteiger partial charge in [0.2, 0.25) is 5.95 Å². The molecular weight excluding hydrogens is 382 g/mol. The van der Waals surface area contributed by atoms with Gasteiger partial charge in [0, 0.05) is 55.9 Å². The molecule has 2 aliphatic heterocycles.